The second kappa shape index (κ2) is 12.2. The van der Waals surface area contributed by atoms with Gasteiger partial charge in [-0.2, -0.15) is 18.4 Å². The monoisotopic (exact) mass is 549 g/mol. The Morgan fingerprint density at radius 1 is 1.12 bits per heavy atom. The highest BCUT2D eigenvalue weighted by atomic mass is 19.4. The molecule has 1 fully saturated rings. The number of amides is 1. The Labute approximate surface area is 231 Å². The smallest absolute Gasteiger partial charge is 0.389 e. The fourth-order valence-electron chi connectivity index (χ4n) is 5.14. The van der Waals surface area contributed by atoms with Crippen LogP contribution in [0.3, 0.4) is 0 Å². The first-order valence-electron chi connectivity index (χ1n) is 13.1. The van der Waals surface area contributed by atoms with Crippen molar-refractivity contribution in [3.05, 3.63) is 89.0 Å². The van der Waals surface area contributed by atoms with Gasteiger partial charge in [0, 0.05) is 30.8 Å². The Balaban J connectivity index is 1.54. The maximum Gasteiger partial charge on any atom is 0.389 e. The van der Waals surface area contributed by atoms with Crippen LogP contribution in [0.4, 0.5) is 18.9 Å². The third-order valence-electron chi connectivity index (χ3n) is 7.25. The number of carbonyl (C=O) groups excluding carboxylic acids is 1. The Morgan fingerprint density at radius 2 is 1.85 bits per heavy atom. The van der Waals surface area contributed by atoms with Gasteiger partial charge in [-0.05, 0) is 78.8 Å². The van der Waals surface area contributed by atoms with E-state index in [-0.39, 0.29) is 18.9 Å². The molecule has 1 saturated heterocycles. The lowest BCUT2D eigenvalue weighted by Crippen LogP contribution is -2.42. The zero-order valence-corrected chi connectivity index (χ0v) is 22.0. The highest BCUT2D eigenvalue weighted by Gasteiger charge is 2.30. The van der Waals surface area contributed by atoms with Crippen LogP contribution in [0.5, 0.6) is 0 Å². The summed E-state index contributed by atoms with van der Waals surface area (Å²) in [6.07, 6.45) is -4.34. The second-order valence-electron chi connectivity index (χ2n) is 10.1. The summed E-state index contributed by atoms with van der Waals surface area (Å²) in [5.41, 5.74) is 4.51. The first-order valence-corrected chi connectivity index (χ1v) is 13.1. The van der Waals surface area contributed by atoms with E-state index in [2.05, 4.69) is 11.4 Å². The van der Waals surface area contributed by atoms with Crippen molar-refractivity contribution in [2.75, 3.05) is 18.4 Å². The van der Waals surface area contributed by atoms with Gasteiger partial charge in [-0.25, -0.2) is 0 Å². The minimum atomic E-state index is -4.32. The Bertz CT molecular complexity index is 1410. The summed E-state index contributed by atoms with van der Waals surface area (Å²) >= 11 is 0. The molecule has 0 aliphatic carbocycles. The lowest BCUT2D eigenvalue weighted by Gasteiger charge is -2.30. The molecule has 1 amide bonds. The third-order valence-corrected chi connectivity index (χ3v) is 7.25. The SMILES string of the molecule is Cc1cc(-c2ccccc2C#N)ccc1C(CCC(F)(F)F)Nc1ccc(C(=O)N2CCC[C@@H](C(=O)O)C2)cc1. The first-order chi connectivity index (χ1) is 19.1. The zero-order chi connectivity index (χ0) is 28.9. The molecular formula is C31H30F3N3O3. The van der Waals surface area contributed by atoms with Crippen molar-refractivity contribution in [3.63, 3.8) is 0 Å². The molecular weight excluding hydrogens is 519 g/mol. The zero-order valence-electron chi connectivity index (χ0n) is 22.0. The maximum atomic E-state index is 13.2. The molecule has 40 heavy (non-hydrogen) atoms. The highest BCUT2D eigenvalue weighted by Crippen LogP contribution is 2.34. The summed E-state index contributed by atoms with van der Waals surface area (Å²) < 4.78 is 39.6. The summed E-state index contributed by atoms with van der Waals surface area (Å²) in [5, 5.41) is 22.0. The number of hydrogen-bond donors (Lipinski definition) is 2. The number of benzene rings is 3. The minimum absolute atomic E-state index is 0.155. The molecule has 0 aromatic heterocycles. The average molecular weight is 550 g/mol. The molecule has 1 unspecified atom stereocenters. The number of alkyl halides is 3. The van der Waals surface area contributed by atoms with Crippen molar-refractivity contribution >= 4 is 17.6 Å². The number of nitrogens with one attached hydrogen (secondary N) is 1. The number of nitrogens with zero attached hydrogens (tertiary/aromatic N) is 2. The molecule has 0 bridgehead atoms. The molecule has 1 aliphatic heterocycles. The van der Waals surface area contributed by atoms with Crippen LogP contribution in [0.15, 0.2) is 66.7 Å². The summed E-state index contributed by atoms with van der Waals surface area (Å²) in [5.74, 6) is -1.77. The molecule has 4 rings (SSSR count). The topological polar surface area (TPSA) is 93.4 Å². The molecule has 0 spiro atoms. The number of nitriles is 1. The number of aryl methyl sites for hydroxylation is 1. The van der Waals surface area contributed by atoms with Crippen LogP contribution in [0.1, 0.15) is 58.8 Å². The van der Waals surface area contributed by atoms with Crippen LogP contribution in [-0.4, -0.2) is 41.1 Å². The van der Waals surface area contributed by atoms with Gasteiger partial charge < -0.3 is 15.3 Å². The minimum Gasteiger partial charge on any atom is -0.481 e. The Kier molecular flexibility index (Phi) is 8.78. The van der Waals surface area contributed by atoms with E-state index in [4.69, 9.17) is 0 Å². The molecule has 2 atom stereocenters. The van der Waals surface area contributed by atoms with Gasteiger partial charge in [0.1, 0.15) is 0 Å². The maximum absolute atomic E-state index is 13.2. The molecule has 3 aromatic carbocycles. The lowest BCUT2D eigenvalue weighted by atomic mass is 9.92. The normalized spacial score (nSPS) is 16.2. The number of piperidine rings is 1. The predicted octanol–water partition coefficient (Wildman–Crippen LogP) is 6.97. The standard InChI is InChI=1S/C31H30F3N3O3/c1-20-17-22(27-7-3-2-5-23(27)18-35)10-13-26(20)28(14-15-31(32,33)34)36-25-11-8-21(9-12-25)29(38)37-16-4-6-24(19-37)30(39)40/h2-3,5,7-13,17,24,28,36H,4,6,14-16,19H2,1H3,(H,39,40)/t24-,28?/m1/s1. The molecule has 208 valence electrons. The molecule has 6 nitrogen and oxygen atoms in total. The van der Waals surface area contributed by atoms with E-state index < -0.39 is 30.5 Å². The van der Waals surface area contributed by atoms with Crippen molar-refractivity contribution in [1.29, 1.82) is 5.26 Å². The van der Waals surface area contributed by atoms with Crippen molar-refractivity contribution in [1.82, 2.24) is 4.90 Å². The number of hydrogen-bond acceptors (Lipinski definition) is 4. The van der Waals surface area contributed by atoms with E-state index in [1.54, 1.807) is 42.5 Å². The van der Waals surface area contributed by atoms with Gasteiger partial charge in [0.05, 0.1) is 23.6 Å². The molecule has 3 aromatic rings. The molecule has 2 N–H and O–H groups in total. The number of halogens is 3. The van der Waals surface area contributed by atoms with E-state index in [1.807, 2.05) is 31.2 Å². The average Bonchev–Trinajstić information content (AvgIpc) is 2.95. The van der Waals surface area contributed by atoms with Gasteiger partial charge in [0.15, 0.2) is 0 Å². The van der Waals surface area contributed by atoms with Gasteiger partial charge in [-0.15, -0.1) is 0 Å². The number of carbonyl (C=O) groups is 2. The number of anilines is 1. The summed E-state index contributed by atoms with van der Waals surface area (Å²) in [4.78, 5) is 25.8. The lowest BCUT2D eigenvalue weighted by molar-refractivity contribution is -0.143. The number of rotatable bonds is 8. The molecule has 9 heteroatoms. The number of likely N-dealkylation sites (tertiary alicyclic amines) is 1. The molecule has 1 aliphatic rings. The second-order valence-corrected chi connectivity index (χ2v) is 10.1. The van der Waals surface area contributed by atoms with Crippen LogP contribution in [-0.2, 0) is 4.79 Å². The van der Waals surface area contributed by atoms with Crippen LogP contribution in [0, 0.1) is 24.2 Å². The Hall–Kier alpha value is -4.32. The first kappa shape index (κ1) is 28.7. The van der Waals surface area contributed by atoms with Gasteiger partial charge in [-0.3, -0.25) is 9.59 Å². The quantitative estimate of drug-likeness (QED) is 0.317. The van der Waals surface area contributed by atoms with Crippen LogP contribution in [0.2, 0.25) is 0 Å². The Morgan fingerprint density at radius 3 is 2.50 bits per heavy atom. The van der Waals surface area contributed by atoms with E-state index in [1.165, 1.54) is 4.90 Å². The van der Waals surface area contributed by atoms with Crippen molar-refractivity contribution in [2.45, 2.75) is 44.8 Å². The number of carboxylic acid groups (broad SMARTS) is 1. The van der Waals surface area contributed by atoms with Crippen molar-refractivity contribution in [3.8, 4) is 17.2 Å². The summed E-state index contributed by atoms with van der Waals surface area (Å²) in [6, 6.07) is 20.7. The highest BCUT2D eigenvalue weighted by molar-refractivity contribution is 5.95. The molecule has 1 heterocycles. The predicted molar refractivity (Wildman–Crippen MR) is 146 cm³/mol. The van der Waals surface area contributed by atoms with Gasteiger partial charge in [0.25, 0.3) is 5.91 Å². The van der Waals surface area contributed by atoms with E-state index in [0.717, 1.165) is 16.7 Å². The molecule has 0 saturated carbocycles. The summed E-state index contributed by atoms with van der Waals surface area (Å²) in [6.45, 7) is 2.47. The third kappa shape index (κ3) is 7.00. The van der Waals surface area contributed by atoms with E-state index >= 15 is 0 Å². The van der Waals surface area contributed by atoms with Gasteiger partial charge >= 0.3 is 12.1 Å². The van der Waals surface area contributed by atoms with Gasteiger partial charge in [0.2, 0.25) is 0 Å². The fraction of sp³-hybridized carbons (Fsp3) is 0.323. The largest absolute Gasteiger partial charge is 0.481 e. The van der Waals surface area contributed by atoms with Gasteiger partial charge in [-0.1, -0.05) is 36.4 Å². The van der Waals surface area contributed by atoms with Crippen LogP contribution in [0.25, 0.3) is 11.1 Å². The fourth-order valence-corrected chi connectivity index (χ4v) is 5.14. The number of carboxylic acids is 1. The van der Waals surface area contributed by atoms with Crippen LogP contribution >= 0.6 is 0 Å². The number of aliphatic carboxylic acids is 1. The van der Waals surface area contributed by atoms with Crippen LogP contribution < -0.4 is 5.32 Å². The van der Waals surface area contributed by atoms with Crippen molar-refractivity contribution < 1.29 is 27.9 Å². The van der Waals surface area contributed by atoms with E-state index in [9.17, 15) is 33.1 Å². The van der Waals surface area contributed by atoms with Crippen molar-refractivity contribution in [2.24, 2.45) is 5.92 Å². The van der Waals surface area contributed by atoms with E-state index in [0.29, 0.717) is 41.8 Å². The molecule has 0 radical (unpaired) electrons. The summed E-state index contributed by atoms with van der Waals surface area (Å²) in [7, 11) is 0.